The highest BCUT2D eigenvalue weighted by molar-refractivity contribution is 7.95. The van der Waals surface area contributed by atoms with Crippen LogP contribution in [0.3, 0.4) is 0 Å². The Morgan fingerprint density at radius 2 is 1.85 bits per heavy atom. The smallest absolute Gasteiger partial charge is 0.418 e. The summed E-state index contributed by atoms with van der Waals surface area (Å²) in [7, 11) is -2.97. The summed E-state index contributed by atoms with van der Waals surface area (Å²) in [5.41, 5.74) is 0.312. The molecule has 10 heteroatoms. The molecule has 2 heterocycles. The van der Waals surface area contributed by atoms with E-state index in [9.17, 15) is 26.9 Å². The van der Waals surface area contributed by atoms with Crippen LogP contribution in [-0.4, -0.2) is 25.1 Å². The average molecular weight is 490 g/mol. The Hall–Kier alpha value is -3.58. The van der Waals surface area contributed by atoms with Crippen molar-refractivity contribution < 1.29 is 26.3 Å². The van der Waals surface area contributed by atoms with Crippen molar-refractivity contribution >= 4 is 15.9 Å². The van der Waals surface area contributed by atoms with E-state index >= 15 is 0 Å². The maximum absolute atomic E-state index is 13.7. The number of halogens is 3. The first kappa shape index (κ1) is 25.1. The Morgan fingerprint density at radius 1 is 1.18 bits per heavy atom. The molecule has 0 atom stereocenters. The van der Waals surface area contributed by atoms with Gasteiger partial charge in [0.2, 0.25) is 15.7 Å². The van der Waals surface area contributed by atoms with Crippen LogP contribution < -0.4 is 4.74 Å². The zero-order valence-corrected chi connectivity index (χ0v) is 19.7. The predicted octanol–water partition coefficient (Wildman–Crippen LogP) is 5.67. The Balaban J connectivity index is 2.24. The van der Waals surface area contributed by atoms with Crippen molar-refractivity contribution in [3.05, 3.63) is 76.0 Å². The number of nitrogens with zero attached hydrogens (tertiary/aromatic N) is 3. The van der Waals surface area contributed by atoms with Crippen LogP contribution in [0.15, 0.2) is 58.5 Å². The van der Waals surface area contributed by atoms with Gasteiger partial charge in [-0.25, -0.2) is 13.4 Å². The molecular formula is C24H22F3N3O3S. The molecule has 0 saturated carbocycles. The fraction of sp³-hybridized carbons (Fsp3) is 0.250. The molecule has 0 N–H and O–H groups in total. The van der Waals surface area contributed by atoms with Gasteiger partial charge in [0.15, 0.2) is 9.93 Å². The van der Waals surface area contributed by atoms with Crippen LogP contribution in [0.1, 0.15) is 42.3 Å². The fourth-order valence-corrected chi connectivity index (χ4v) is 4.63. The fourth-order valence-electron chi connectivity index (χ4n) is 3.53. The van der Waals surface area contributed by atoms with Gasteiger partial charge < -0.3 is 9.30 Å². The Kier molecular flexibility index (Phi) is 6.89. The molecule has 0 aliphatic heterocycles. The third-order valence-electron chi connectivity index (χ3n) is 5.23. The number of alkyl halides is 3. The predicted molar refractivity (Wildman–Crippen MR) is 121 cm³/mol. The third-order valence-corrected chi connectivity index (χ3v) is 6.79. The van der Waals surface area contributed by atoms with Crippen molar-refractivity contribution in [2.75, 3.05) is 7.11 Å². The number of aromatic nitrogens is 2. The molecule has 0 amide bonds. The van der Waals surface area contributed by atoms with Crippen LogP contribution >= 0.6 is 0 Å². The van der Waals surface area contributed by atoms with Crippen molar-refractivity contribution in [2.45, 2.75) is 37.9 Å². The van der Waals surface area contributed by atoms with Crippen molar-refractivity contribution in [3.8, 4) is 17.6 Å². The molecule has 0 radical (unpaired) electrons. The highest BCUT2D eigenvalue weighted by Gasteiger charge is 2.34. The number of nitriles is 1. The molecule has 1 aromatic carbocycles. The van der Waals surface area contributed by atoms with Gasteiger partial charge in [-0.05, 0) is 48.7 Å². The highest BCUT2D eigenvalue weighted by Crippen LogP contribution is 2.37. The number of ether oxygens (including phenoxy) is 1. The standard InChI is InChI=1S/C24H22F3N3O3S/c1-15(2)21-13-17(16(3)30(21)20-9-6-5-8-19(20)24(25,26)27)12-18(14-28)34(31,32)23-11-7-10-22(29-23)33-4/h5-13,15H,1-4H3/b18-12+. The second-order valence-corrected chi connectivity index (χ2v) is 9.62. The van der Waals surface area contributed by atoms with Gasteiger partial charge in [-0.15, -0.1) is 0 Å². The number of sulfone groups is 1. The summed E-state index contributed by atoms with van der Waals surface area (Å²) in [5, 5.41) is 9.27. The normalized spacial score (nSPS) is 12.6. The molecule has 0 saturated heterocycles. The molecule has 0 spiro atoms. The SMILES string of the molecule is COc1cccc(S(=O)(=O)/C(C#N)=C/c2cc(C(C)C)n(-c3ccccc3C(F)(F)F)c2C)n1. The number of allylic oxidation sites excluding steroid dienone is 1. The Morgan fingerprint density at radius 3 is 2.44 bits per heavy atom. The minimum Gasteiger partial charge on any atom is -0.481 e. The van der Waals surface area contributed by atoms with Crippen LogP contribution in [0, 0.1) is 18.3 Å². The van der Waals surface area contributed by atoms with Gasteiger partial charge in [-0.2, -0.15) is 18.4 Å². The maximum Gasteiger partial charge on any atom is 0.418 e. The van der Waals surface area contributed by atoms with Gasteiger partial charge in [-0.3, -0.25) is 0 Å². The molecule has 2 aromatic heterocycles. The summed E-state index contributed by atoms with van der Waals surface area (Å²) >= 11 is 0. The number of hydrogen-bond acceptors (Lipinski definition) is 5. The molecule has 3 aromatic rings. The molecule has 3 rings (SSSR count). The van der Waals surface area contributed by atoms with E-state index in [0.717, 1.165) is 12.1 Å². The molecule has 0 aliphatic carbocycles. The van der Waals surface area contributed by atoms with Gasteiger partial charge in [0.05, 0.1) is 18.4 Å². The maximum atomic E-state index is 13.7. The number of hydrogen-bond donors (Lipinski definition) is 0. The first-order valence-corrected chi connectivity index (χ1v) is 11.7. The topological polar surface area (TPSA) is 85.0 Å². The zero-order chi connectivity index (χ0) is 25.3. The quantitative estimate of drug-likeness (QED) is 0.417. The summed E-state index contributed by atoms with van der Waals surface area (Å²) in [5.74, 6) is -0.129. The van der Waals surface area contributed by atoms with Crippen LogP contribution in [0.25, 0.3) is 11.8 Å². The van der Waals surface area contributed by atoms with Crippen molar-refractivity contribution in [3.63, 3.8) is 0 Å². The minimum absolute atomic E-state index is 0.0616. The van der Waals surface area contributed by atoms with Crippen molar-refractivity contribution in [2.24, 2.45) is 0 Å². The molecule has 0 aliphatic rings. The average Bonchev–Trinajstić information content (AvgIpc) is 3.12. The number of pyridine rings is 1. The van der Waals surface area contributed by atoms with Gasteiger partial charge in [-0.1, -0.05) is 32.0 Å². The number of benzene rings is 1. The monoisotopic (exact) mass is 489 g/mol. The molecule has 0 unspecified atom stereocenters. The van der Waals surface area contributed by atoms with Crippen LogP contribution in [0.4, 0.5) is 13.2 Å². The molecule has 178 valence electrons. The second-order valence-electron chi connectivity index (χ2n) is 7.76. The second kappa shape index (κ2) is 9.35. The van der Waals surface area contributed by atoms with E-state index in [-0.39, 0.29) is 22.5 Å². The molecular weight excluding hydrogens is 467 g/mol. The van der Waals surface area contributed by atoms with Gasteiger partial charge in [0.25, 0.3) is 0 Å². The molecule has 34 heavy (non-hydrogen) atoms. The highest BCUT2D eigenvalue weighted by atomic mass is 32.2. The summed E-state index contributed by atoms with van der Waals surface area (Å²) < 4.78 is 73.7. The zero-order valence-electron chi connectivity index (χ0n) is 18.9. The van der Waals surface area contributed by atoms with E-state index in [1.54, 1.807) is 19.1 Å². The Labute approximate surface area is 195 Å². The lowest BCUT2D eigenvalue weighted by Gasteiger charge is -2.19. The number of methoxy groups -OCH3 is 1. The van der Waals surface area contributed by atoms with Crippen LogP contribution in [-0.2, 0) is 16.0 Å². The summed E-state index contributed by atoms with van der Waals surface area (Å²) in [6, 6.07) is 12.6. The van der Waals surface area contributed by atoms with Gasteiger partial charge >= 0.3 is 6.18 Å². The van der Waals surface area contributed by atoms with E-state index in [1.807, 2.05) is 13.8 Å². The minimum atomic E-state index is -4.59. The summed E-state index contributed by atoms with van der Waals surface area (Å²) in [4.78, 5) is 3.31. The van der Waals surface area contributed by atoms with E-state index < -0.39 is 26.5 Å². The van der Waals surface area contributed by atoms with Crippen molar-refractivity contribution in [1.82, 2.24) is 9.55 Å². The van der Waals surface area contributed by atoms with Crippen LogP contribution in [0.2, 0.25) is 0 Å². The summed E-state index contributed by atoms with van der Waals surface area (Å²) in [6.07, 6.45) is -3.43. The lowest BCUT2D eigenvalue weighted by Crippen LogP contribution is -2.13. The van der Waals surface area contributed by atoms with E-state index in [0.29, 0.717) is 17.0 Å². The largest absolute Gasteiger partial charge is 0.481 e. The number of para-hydroxylation sites is 1. The van der Waals surface area contributed by atoms with Gasteiger partial charge in [0, 0.05) is 17.5 Å². The van der Waals surface area contributed by atoms with Crippen LogP contribution in [0.5, 0.6) is 5.88 Å². The summed E-state index contributed by atoms with van der Waals surface area (Å²) in [6.45, 7) is 5.21. The lowest BCUT2D eigenvalue weighted by atomic mass is 10.1. The van der Waals surface area contributed by atoms with Gasteiger partial charge in [0.1, 0.15) is 6.07 Å². The first-order valence-electron chi connectivity index (χ1n) is 10.2. The molecule has 0 fully saturated rings. The lowest BCUT2D eigenvalue weighted by molar-refractivity contribution is -0.137. The Bertz CT molecular complexity index is 1400. The first-order chi connectivity index (χ1) is 15.9. The van der Waals surface area contributed by atoms with E-state index in [4.69, 9.17) is 4.74 Å². The third kappa shape index (κ3) is 4.70. The van der Waals surface area contributed by atoms with E-state index in [1.165, 1.54) is 48.1 Å². The number of rotatable bonds is 6. The molecule has 0 bridgehead atoms. The van der Waals surface area contributed by atoms with E-state index in [2.05, 4.69) is 4.98 Å². The molecule has 6 nitrogen and oxygen atoms in total. The van der Waals surface area contributed by atoms with Crippen molar-refractivity contribution in [1.29, 1.82) is 5.26 Å².